The van der Waals surface area contributed by atoms with Crippen molar-refractivity contribution in [2.45, 2.75) is 13.8 Å². The fourth-order valence-corrected chi connectivity index (χ4v) is 2.19. The van der Waals surface area contributed by atoms with Crippen molar-refractivity contribution in [3.05, 3.63) is 35.7 Å². The van der Waals surface area contributed by atoms with Crippen LogP contribution in [0, 0.1) is 13.8 Å². The second kappa shape index (κ2) is 4.23. The smallest absolute Gasteiger partial charge is 0.244 e. The summed E-state index contributed by atoms with van der Waals surface area (Å²) in [4.78, 5) is 4.40. The van der Waals surface area contributed by atoms with Gasteiger partial charge in [0.15, 0.2) is 5.82 Å². The van der Waals surface area contributed by atoms with Crippen LogP contribution in [-0.2, 0) is 0 Å². The molecule has 0 radical (unpaired) electrons. The number of hydrogen-bond acceptors (Lipinski definition) is 7. The van der Waals surface area contributed by atoms with Crippen molar-refractivity contribution in [3.8, 4) is 0 Å². The van der Waals surface area contributed by atoms with Gasteiger partial charge in [0.2, 0.25) is 16.9 Å². The number of anilines is 2. The summed E-state index contributed by atoms with van der Waals surface area (Å²) in [5.74, 6) is 0.560. The molecule has 104 valence electrons. The van der Waals surface area contributed by atoms with E-state index in [1.807, 2.05) is 13.8 Å². The number of aromatic nitrogens is 6. The van der Waals surface area contributed by atoms with Crippen molar-refractivity contribution in [1.29, 1.82) is 0 Å². The molecule has 1 N–H and O–H groups in total. The molecule has 0 amide bonds. The second-order valence-electron chi connectivity index (χ2n) is 4.84. The van der Waals surface area contributed by atoms with Gasteiger partial charge in [-0.1, -0.05) is 12.1 Å². The Morgan fingerprint density at radius 2 is 2.05 bits per heavy atom. The minimum atomic E-state index is 0.398. The summed E-state index contributed by atoms with van der Waals surface area (Å²) in [6.07, 6.45) is 1.55. The topological polar surface area (TPSA) is 94.0 Å². The number of hydrogen-bond donors (Lipinski definition) is 1. The van der Waals surface area contributed by atoms with Crippen LogP contribution in [0.25, 0.3) is 16.9 Å². The van der Waals surface area contributed by atoms with Gasteiger partial charge < -0.3 is 5.32 Å². The van der Waals surface area contributed by atoms with Gasteiger partial charge in [0, 0.05) is 5.69 Å². The first kappa shape index (κ1) is 11.8. The molecule has 1 aromatic carbocycles. The largest absolute Gasteiger partial charge is 0.337 e. The summed E-state index contributed by atoms with van der Waals surface area (Å²) in [7, 11) is 0. The third-order valence-corrected chi connectivity index (χ3v) is 3.31. The zero-order chi connectivity index (χ0) is 14.4. The molecule has 0 spiro atoms. The fourth-order valence-electron chi connectivity index (χ4n) is 2.19. The first-order valence-corrected chi connectivity index (χ1v) is 6.38. The highest BCUT2D eigenvalue weighted by atomic mass is 16.6. The van der Waals surface area contributed by atoms with E-state index >= 15 is 0 Å². The lowest BCUT2D eigenvalue weighted by molar-refractivity contribution is 0.314. The zero-order valence-corrected chi connectivity index (χ0v) is 11.4. The van der Waals surface area contributed by atoms with E-state index in [1.54, 1.807) is 10.7 Å². The average Bonchev–Trinajstić information content (AvgIpc) is 3.10. The third-order valence-electron chi connectivity index (χ3n) is 3.31. The SMILES string of the molecule is Cc1ccc(C)c(Nc2nc3nonc3n3cnnc23)c1. The lowest BCUT2D eigenvalue weighted by Crippen LogP contribution is -2.01. The lowest BCUT2D eigenvalue weighted by Gasteiger charge is -2.10. The fraction of sp³-hybridized carbons (Fsp3) is 0.154. The van der Waals surface area contributed by atoms with Gasteiger partial charge in [0.1, 0.15) is 6.33 Å². The summed E-state index contributed by atoms with van der Waals surface area (Å²) in [6, 6.07) is 6.16. The van der Waals surface area contributed by atoms with Crippen LogP contribution in [0.3, 0.4) is 0 Å². The van der Waals surface area contributed by atoms with Gasteiger partial charge in [-0.25, -0.2) is 9.61 Å². The van der Waals surface area contributed by atoms with Gasteiger partial charge in [0.05, 0.1) is 0 Å². The minimum Gasteiger partial charge on any atom is -0.337 e. The summed E-state index contributed by atoms with van der Waals surface area (Å²) in [5.41, 5.74) is 4.68. The van der Waals surface area contributed by atoms with Crippen LogP contribution < -0.4 is 5.32 Å². The predicted molar refractivity (Wildman–Crippen MR) is 75.3 cm³/mol. The van der Waals surface area contributed by atoms with Crippen LogP contribution in [0.5, 0.6) is 0 Å². The average molecular weight is 281 g/mol. The van der Waals surface area contributed by atoms with Crippen LogP contribution in [0.4, 0.5) is 11.5 Å². The highest BCUT2D eigenvalue weighted by Crippen LogP contribution is 2.24. The van der Waals surface area contributed by atoms with Crippen molar-refractivity contribution >= 4 is 28.4 Å². The molecule has 8 heteroatoms. The maximum atomic E-state index is 4.72. The maximum absolute atomic E-state index is 4.72. The first-order chi connectivity index (χ1) is 10.2. The normalized spacial score (nSPS) is 11.3. The lowest BCUT2D eigenvalue weighted by atomic mass is 10.1. The minimum absolute atomic E-state index is 0.398. The molecule has 0 unspecified atom stereocenters. The molecule has 0 saturated carbocycles. The van der Waals surface area contributed by atoms with Gasteiger partial charge >= 0.3 is 0 Å². The summed E-state index contributed by atoms with van der Waals surface area (Å²) < 4.78 is 6.41. The van der Waals surface area contributed by atoms with Crippen LogP contribution in [0.15, 0.2) is 29.2 Å². The molecule has 0 atom stereocenters. The first-order valence-electron chi connectivity index (χ1n) is 6.38. The van der Waals surface area contributed by atoms with Crippen molar-refractivity contribution in [3.63, 3.8) is 0 Å². The number of nitrogens with one attached hydrogen (secondary N) is 1. The molecule has 0 aliphatic rings. The van der Waals surface area contributed by atoms with E-state index in [0.717, 1.165) is 16.8 Å². The van der Waals surface area contributed by atoms with Crippen molar-refractivity contribution in [2.75, 3.05) is 5.32 Å². The quantitative estimate of drug-likeness (QED) is 0.600. The number of rotatable bonds is 2. The number of fused-ring (bicyclic) bond motifs is 3. The summed E-state index contributed by atoms with van der Waals surface area (Å²) in [6.45, 7) is 4.06. The Bertz CT molecular complexity index is 956. The molecule has 0 fully saturated rings. The summed E-state index contributed by atoms with van der Waals surface area (Å²) in [5, 5.41) is 18.8. The third kappa shape index (κ3) is 1.80. The van der Waals surface area contributed by atoms with Gasteiger partial charge in [-0.3, -0.25) is 4.40 Å². The van der Waals surface area contributed by atoms with Gasteiger partial charge in [-0.2, -0.15) is 0 Å². The zero-order valence-electron chi connectivity index (χ0n) is 11.4. The van der Waals surface area contributed by atoms with Crippen molar-refractivity contribution in [1.82, 2.24) is 29.9 Å². The van der Waals surface area contributed by atoms with E-state index in [-0.39, 0.29) is 0 Å². The second-order valence-corrected chi connectivity index (χ2v) is 4.84. The molecule has 4 rings (SSSR count). The van der Waals surface area contributed by atoms with E-state index in [9.17, 15) is 0 Å². The van der Waals surface area contributed by atoms with Gasteiger partial charge in [0.25, 0.3) is 0 Å². The predicted octanol–water partition coefficient (Wildman–Crippen LogP) is 2.02. The molecule has 3 heterocycles. The monoisotopic (exact) mass is 281 g/mol. The number of benzene rings is 1. The summed E-state index contributed by atoms with van der Waals surface area (Å²) >= 11 is 0. The van der Waals surface area contributed by atoms with Crippen LogP contribution in [-0.4, -0.2) is 29.9 Å². The van der Waals surface area contributed by atoms with Crippen molar-refractivity contribution in [2.24, 2.45) is 0 Å². The Balaban J connectivity index is 1.92. The molecule has 0 aliphatic carbocycles. The van der Waals surface area contributed by atoms with E-state index in [4.69, 9.17) is 4.63 Å². The molecular weight excluding hydrogens is 270 g/mol. The Hall–Kier alpha value is -3.03. The number of nitrogens with zero attached hydrogens (tertiary/aromatic N) is 6. The maximum Gasteiger partial charge on any atom is 0.244 e. The molecule has 4 aromatic rings. The standard InChI is InChI=1S/C13H11N7O/c1-7-3-4-8(2)9(5-7)15-10-12-17-14-6-20(12)13-11(16-10)18-21-19-13/h3-6H,1-2H3,(H,15,16,18). The highest BCUT2D eigenvalue weighted by molar-refractivity contribution is 5.79. The molecule has 21 heavy (non-hydrogen) atoms. The van der Waals surface area contributed by atoms with Gasteiger partial charge in [-0.15, -0.1) is 10.2 Å². The number of aryl methyl sites for hydroxylation is 2. The van der Waals surface area contributed by atoms with Crippen molar-refractivity contribution < 1.29 is 4.63 Å². The Labute approximate surface area is 118 Å². The van der Waals surface area contributed by atoms with Crippen LogP contribution >= 0.6 is 0 Å². The Morgan fingerprint density at radius 1 is 1.14 bits per heavy atom. The van der Waals surface area contributed by atoms with E-state index in [0.29, 0.717) is 22.8 Å². The molecule has 8 nitrogen and oxygen atoms in total. The Kier molecular flexibility index (Phi) is 2.37. The molecule has 0 bridgehead atoms. The highest BCUT2D eigenvalue weighted by Gasteiger charge is 2.14. The van der Waals surface area contributed by atoms with E-state index in [1.165, 1.54) is 0 Å². The molecule has 0 saturated heterocycles. The Morgan fingerprint density at radius 3 is 2.95 bits per heavy atom. The molecular formula is C13H11N7O. The van der Waals surface area contributed by atoms with Gasteiger partial charge in [-0.05, 0) is 41.4 Å². The van der Waals surface area contributed by atoms with Crippen LogP contribution in [0.2, 0.25) is 0 Å². The van der Waals surface area contributed by atoms with Crippen LogP contribution in [0.1, 0.15) is 11.1 Å². The molecule has 0 aliphatic heterocycles. The molecule has 3 aromatic heterocycles. The van der Waals surface area contributed by atoms with E-state index in [2.05, 4.69) is 49.0 Å². The van der Waals surface area contributed by atoms with E-state index < -0.39 is 0 Å².